The molecule has 0 aliphatic heterocycles. The summed E-state index contributed by atoms with van der Waals surface area (Å²) in [5.74, 6) is 1.47. The average Bonchev–Trinajstić information content (AvgIpc) is 3.43. The van der Waals surface area contributed by atoms with Crippen LogP contribution in [0.5, 0.6) is 0 Å². The first kappa shape index (κ1) is 18.3. The molecule has 3 heterocycles. The quantitative estimate of drug-likeness (QED) is 0.554. The maximum absolute atomic E-state index is 13.1. The Hall–Kier alpha value is -2.78. The van der Waals surface area contributed by atoms with E-state index in [9.17, 15) is 8.42 Å². The number of hydrogen-bond acceptors (Lipinski definition) is 6. The predicted octanol–water partition coefficient (Wildman–Crippen LogP) is 2.55. The second kappa shape index (κ2) is 6.64. The van der Waals surface area contributed by atoms with Crippen LogP contribution in [0, 0.1) is 5.92 Å². The van der Waals surface area contributed by atoms with Gasteiger partial charge in [0, 0.05) is 18.2 Å². The van der Waals surface area contributed by atoms with Crippen molar-refractivity contribution in [3.63, 3.8) is 0 Å². The largest absolute Gasteiger partial charge is 0.328 e. The minimum absolute atomic E-state index is 0.151. The molecule has 8 nitrogen and oxygen atoms in total. The molecule has 0 amide bonds. The van der Waals surface area contributed by atoms with Gasteiger partial charge in [0.15, 0.2) is 11.3 Å². The van der Waals surface area contributed by atoms with Crippen LogP contribution in [0.4, 0.5) is 0 Å². The molecule has 0 bridgehead atoms. The highest BCUT2D eigenvalue weighted by molar-refractivity contribution is 7.90. The van der Waals surface area contributed by atoms with Gasteiger partial charge in [-0.05, 0) is 37.0 Å². The first-order valence-electron chi connectivity index (χ1n) is 9.78. The van der Waals surface area contributed by atoms with E-state index in [1.54, 1.807) is 48.8 Å². The first-order valence-corrected chi connectivity index (χ1v) is 11.2. The lowest BCUT2D eigenvalue weighted by Gasteiger charge is -2.16. The highest BCUT2D eigenvalue weighted by Gasteiger charge is 2.36. The molecule has 3 atom stereocenters. The van der Waals surface area contributed by atoms with Crippen LogP contribution in [-0.4, -0.2) is 38.0 Å². The van der Waals surface area contributed by atoms with Crippen molar-refractivity contribution < 1.29 is 8.42 Å². The van der Waals surface area contributed by atoms with Gasteiger partial charge in [-0.25, -0.2) is 17.4 Å². The summed E-state index contributed by atoms with van der Waals surface area (Å²) in [5.41, 5.74) is 7.87. The van der Waals surface area contributed by atoms with E-state index in [2.05, 4.69) is 22.1 Å². The van der Waals surface area contributed by atoms with Gasteiger partial charge in [-0.1, -0.05) is 31.5 Å². The zero-order valence-electron chi connectivity index (χ0n) is 16.0. The van der Waals surface area contributed by atoms with Crippen LogP contribution in [0.2, 0.25) is 0 Å². The normalized spacial score (nSPS) is 22.6. The van der Waals surface area contributed by atoms with E-state index in [0.717, 1.165) is 25.1 Å². The molecule has 3 aromatic heterocycles. The molecular weight excluding hydrogens is 388 g/mol. The summed E-state index contributed by atoms with van der Waals surface area (Å²) in [4.78, 5) is 4.61. The fourth-order valence-electron chi connectivity index (χ4n) is 4.53. The molecule has 0 spiro atoms. The van der Waals surface area contributed by atoms with E-state index in [1.165, 1.54) is 3.97 Å². The maximum atomic E-state index is 13.1. The molecule has 1 aromatic carbocycles. The summed E-state index contributed by atoms with van der Waals surface area (Å²) in [5, 5.41) is 8.74. The van der Waals surface area contributed by atoms with Crippen molar-refractivity contribution in [2.24, 2.45) is 11.7 Å². The molecule has 9 heteroatoms. The number of benzene rings is 1. The number of nitrogens with zero attached hydrogens (tertiary/aromatic N) is 5. The molecule has 1 fully saturated rings. The highest BCUT2D eigenvalue weighted by atomic mass is 32.2. The Morgan fingerprint density at radius 2 is 1.93 bits per heavy atom. The molecule has 1 saturated carbocycles. The number of aromatic nitrogens is 5. The van der Waals surface area contributed by atoms with Crippen LogP contribution >= 0.6 is 0 Å². The van der Waals surface area contributed by atoms with Crippen LogP contribution < -0.4 is 5.73 Å². The Morgan fingerprint density at radius 3 is 2.69 bits per heavy atom. The van der Waals surface area contributed by atoms with Crippen molar-refractivity contribution in [1.29, 1.82) is 0 Å². The molecule has 2 N–H and O–H groups in total. The second-order valence-corrected chi connectivity index (χ2v) is 9.47. The molecule has 1 aliphatic carbocycles. The van der Waals surface area contributed by atoms with Gasteiger partial charge in [0.2, 0.25) is 0 Å². The fraction of sp³-hybridized carbons (Fsp3) is 0.350. The monoisotopic (exact) mass is 410 g/mol. The van der Waals surface area contributed by atoms with Crippen molar-refractivity contribution in [2.45, 2.75) is 43.0 Å². The van der Waals surface area contributed by atoms with Gasteiger partial charge in [0.05, 0.1) is 16.6 Å². The van der Waals surface area contributed by atoms with E-state index in [0.29, 0.717) is 22.7 Å². The van der Waals surface area contributed by atoms with Gasteiger partial charge in [-0.2, -0.15) is 0 Å². The lowest BCUT2D eigenvalue weighted by atomic mass is 9.93. The minimum atomic E-state index is -3.75. The van der Waals surface area contributed by atoms with Crippen LogP contribution in [0.25, 0.3) is 16.8 Å². The number of rotatable bonds is 4. The SMILES string of the molecule is CC[C@@H]1C[C@H](N)C[C@@H]1c1nnc2cnc3c(ccn3S(=O)(=O)c3ccccc3)n12. The lowest BCUT2D eigenvalue weighted by molar-refractivity contribution is 0.450. The van der Waals surface area contributed by atoms with Crippen molar-refractivity contribution >= 4 is 26.8 Å². The summed E-state index contributed by atoms with van der Waals surface area (Å²) >= 11 is 0. The molecule has 29 heavy (non-hydrogen) atoms. The number of nitrogens with two attached hydrogens (primary N) is 1. The van der Waals surface area contributed by atoms with Gasteiger partial charge in [-0.3, -0.25) is 4.40 Å². The van der Waals surface area contributed by atoms with E-state index < -0.39 is 10.0 Å². The minimum Gasteiger partial charge on any atom is -0.328 e. The summed E-state index contributed by atoms with van der Waals surface area (Å²) in [6.07, 6.45) is 5.96. The van der Waals surface area contributed by atoms with Crippen molar-refractivity contribution in [2.75, 3.05) is 0 Å². The molecule has 150 valence electrons. The topological polar surface area (TPSA) is 108 Å². The van der Waals surface area contributed by atoms with E-state index in [4.69, 9.17) is 5.73 Å². The van der Waals surface area contributed by atoms with Gasteiger partial charge in [0.1, 0.15) is 5.82 Å². The molecule has 0 radical (unpaired) electrons. The highest BCUT2D eigenvalue weighted by Crippen LogP contribution is 2.40. The Bertz CT molecular complexity index is 1290. The Balaban J connectivity index is 1.71. The van der Waals surface area contributed by atoms with Crippen molar-refractivity contribution in [3.05, 3.63) is 54.6 Å². The summed E-state index contributed by atoms with van der Waals surface area (Å²) in [7, 11) is -3.75. The Kier molecular flexibility index (Phi) is 4.18. The van der Waals surface area contributed by atoms with Crippen LogP contribution in [-0.2, 0) is 10.0 Å². The van der Waals surface area contributed by atoms with E-state index in [1.807, 2.05) is 4.40 Å². The van der Waals surface area contributed by atoms with Crippen molar-refractivity contribution in [3.8, 4) is 0 Å². The zero-order chi connectivity index (χ0) is 20.2. The predicted molar refractivity (Wildman–Crippen MR) is 109 cm³/mol. The maximum Gasteiger partial charge on any atom is 0.269 e. The molecular formula is C20H22N6O2S. The molecule has 1 aliphatic rings. The second-order valence-electron chi connectivity index (χ2n) is 7.65. The van der Waals surface area contributed by atoms with Gasteiger partial charge in [0.25, 0.3) is 10.0 Å². The molecule has 5 rings (SSSR count). The van der Waals surface area contributed by atoms with Gasteiger partial charge in [-0.15, -0.1) is 10.2 Å². The average molecular weight is 411 g/mol. The molecule has 0 unspecified atom stereocenters. The third-order valence-electron chi connectivity index (χ3n) is 5.95. The van der Waals surface area contributed by atoms with Gasteiger partial charge >= 0.3 is 0 Å². The van der Waals surface area contributed by atoms with Crippen LogP contribution in [0.15, 0.2) is 53.7 Å². The van der Waals surface area contributed by atoms with Crippen molar-refractivity contribution in [1.82, 2.24) is 23.6 Å². The Labute approximate surface area is 168 Å². The Morgan fingerprint density at radius 1 is 1.14 bits per heavy atom. The standard InChI is InChI=1S/C20H22N6O2S/c1-2-13-10-14(21)11-16(13)19-24-23-18-12-22-20-17(26(18)19)8-9-25(20)29(27,28)15-6-4-3-5-7-15/h3-9,12-14,16H,2,10-11,21H2,1H3/t13-,14+,16+/m1/s1. The molecule has 0 saturated heterocycles. The van der Waals surface area contributed by atoms with E-state index >= 15 is 0 Å². The summed E-state index contributed by atoms with van der Waals surface area (Å²) in [6, 6.07) is 10.3. The fourth-order valence-corrected chi connectivity index (χ4v) is 5.85. The lowest BCUT2D eigenvalue weighted by Crippen LogP contribution is -2.15. The van der Waals surface area contributed by atoms with E-state index in [-0.39, 0.29) is 16.9 Å². The van der Waals surface area contributed by atoms with Crippen LogP contribution in [0.3, 0.4) is 0 Å². The zero-order valence-corrected chi connectivity index (χ0v) is 16.8. The summed E-state index contributed by atoms with van der Waals surface area (Å²) in [6.45, 7) is 2.17. The third-order valence-corrected chi connectivity index (χ3v) is 7.63. The van der Waals surface area contributed by atoms with Gasteiger partial charge < -0.3 is 5.73 Å². The number of fused-ring (bicyclic) bond motifs is 3. The summed E-state index contributed by atoms with van der Waals surface area (Å²) < 4.78 is 29.4. The third kappa shape index (κ3) is 2.76. The first-order chi connectivity index (χ1) is 14.0. The van der Waals surface area contributed by atoms with Crippen LogP contribution in [0.1, 0.15) is 37.9 Å². The smallest absolute Gasteiger partial charge is 0.269 e. The number of hydrogen-bond donors (Lipinski definition) is 1. The molecule has 4 aromatic rings.